The van der Waals surface area contributed by atoms with Gasteiger partial charge in [-0.05, 0) is 36.6 Å². The van der Waals surface area contributed by atoms with Crippen LogP contribution in [0.5, 0.6) is 0 Å². The van der Waals surface area contributed by atoms with Crippen LogP contribution in [0.1, 0.15) is 26.4 Å². The van der Waals surface area contributed by atoms with E-state index in [0.29, 0.717) is 16.8 Å². The predicted molar refractivity (Wildman–Crippen MR) is 82.1 cm³/mol. The topological polar surface area (TPSA) is 39.1 Å². The van der Waals surface area contributed by atoms with Crippen molar-refractivity contribution < 1.29 is 9.59 Å². The predicted octanol–water partition coefficient (Wildman–Crippen LogP) is 3.40. The van der Waals surface area contributed by atoms with Crippen molar-refractivity contribution in [1.82, 2.24) is 4.57 Å². The molecule has 0 amide bonds. The van der Waals surface area contributed by atoms with Crippen LogP contribution in [0.4, 0.5) is 0 Å². The standard InChI is InChI=1S/C15H14ClNO2S/c1-17-9-11(14(18)8-16)7-13(17)15(19)10-3-5-12(20-2)6-4-10/h3-7,9H,8H2,1-2H3. The molecular formula is C15H14ClNO2S. The fourth-order valence-electron chi connectivity index (χ4n) is 1.91. The summed E-state index contributed by atoms with van der Waals surface area (Å²) < 4.78 is 1.66. The quantitative estimate of drug-likeness (QED) is 0.483. The Morgan fingerprint density at radius 2 is 1.85 bits per heavy atom. The molecular weight excluding hydrogens is 294 g/mol. The van der Waals surface area contributed by atoms with E-state index in [1.807, 2.05) is 18.4 Å². The molecule has 1 aromatic carbocycles. The number of aromatic nitrogens is 1. The van der Waals surface area contributed by atoms with Crippen molar-refractivity contribution in [3.05, 3.63) is 53.3 Å². The van der Waals surface area contributed by atoms with Gasteiger partial charge >= 0.3 is 0 Å². The molecule has 20 heavy (non-hydrogen) atoms. The van der Waals surface area contributed by atoms with Crippen molar-refractivity contribution in [1.29, 1.82) is 0 Å². The van der Waals surface area contributed by atoms with Crippen molar-refractivity contribution in [3.63, 3.8) is 0 Å². The van der Waals surface area contributed by atoms with E-state index >= 15 is 0 Å². The van der Waals surface area contributed by atoms with E-state index in [-0.39, 0.29) is 17.4 Å². The van der Waals surface area contributed by atoms with Crippen LogP contribution < -0.4 is 0 Å². The van der Waals surface area contributed by atoms with Crippen LogP contribution in [-0.4, -0.2) is 28.3 Å². The number of alkyl halides is 1. The van der Waals surface area contributed by atoms with Crippen LogP contribution in [-0.2, 0) is 7.05 Å². The summed E-state index contributed by atoms with van der Waals surface area (Å²) in [6.07, 6.45) is 3.62. The first kappa shape index (κ1) is 14.9. The number of Topliss-reactive ketones (excluding diaryl/α,β-unsaturated/α-hetero) is 1. The maximum Gasteiger partial charge on any atom is 0.209 e. The van der Waals surface area contributed by atoms with Crippen LogP contribution in [0.15, 0.2) is 41.4 Å². The Bertz CT molecular complexity index is 646. The first-order valence-electron chi connectivity index (χ1n) is 6.01. The second-order valence-corrected chi connectivity index (χ2v) is 5.49. The molecule has 3 nitrogen and oxygen atoms in total. The fourth-order valence-corrected chi connectivity index (χ4v) is 2.47. The zero-order valence-electron chi connectivity index (χ0n) is 11.2. The van der Waals surface area contributed by atoms with Gasteiger partial charge in [0.1, 0.15) is 0 Å². The molecule has 0 aliphatic carbocycles. The Labute approximate surface area is 126 Å². The van der Waals surface area contributed by atoms with E-state index in [4.69, 9.17) is 11.6 Å². The molecule has 1 aromatic heterocycles. The van der Waals surface area contributed by atoms with Crippen LogP contribution in [0, 0.1) is 0 Å². The summed E-state index contributed by atoms with van der Waals surface area (Å²) in [5, 5.41) is 0. The number of thioether (sulfide) groups is 1. The monoisotopic (exact) mass is 307 g/mol. The molecule has 1 heterocycles. The number of ketones is 2. The largest absolute Gasteiger partial charge is 0.347 e. The summed E-state index contributed by atoms with van der Waals surface area (Å²) in [5.41, 5.74) is 1.55. The lowest BCUT2D eigenvalue weighted by Gasteiger charge is -2.03. The van der Waals surface area contributed by atoms with Crippen LogP contribution >= 0.6 is 23.4 Å². The van der Waals surface area contributed by atoms with Crippen molar-refractivity contribution in [3.8, 4) is 0 Å². The first-order chi connectivity index (χ1) is 9.56. The van der Waals surface area contributed by atoms with Crippen molar-refractivity contribution in [2.24, 2.45) is 7.05 Å². The minimum Gasteiger partial charge on any atom is -0.347 e. The Morgan fingerprint density at radius 3 is 2.40 bits per heavy atom. The number of hydrogen-bond acceptors (Lipinski definition) is 3. The molecule has 0 aliphatic rings. The number of hydrogen-bond donors (Lipinski definition) is 0. The minimum atomic E-state index is -0.181. The second kappa shape index (κ2) is 6.29. The molecule has 0 fully saturated rings. The summed E-state index contributed by atoms with van der Waals surface area (Å²) in [7, 11) is 1.74. The summed E-state index contributed by atoms with van der Waals surface area (Å²) in [5.74, 6) is -0.368. The number of nitrogens with zero attached hydrogens (tertiary/aromatic N) is 1. The number of carbonyl (C=O) groups excluding carboxylic acids is 2. The molecule has 5 heteroatoms. The van der Waals surface area contributed by atoms with Gasteiger partial charge in [-0.3, -0.25) is 9.59 Å². The Kier molecular flexibility index (Phi) is 4.68. The van der Waals surface area contributed by atoms with Crippen molar-refractivity contribution in [2.75, 3.05) is 12.1 Å². The fraction of sp³-hybridized carbons (Fsp3) is 0.200. The molecule has 0 spiro atoms. The highest BCUT2D eigenvalue weighted by atomic mass is 35.5. The summed E-state index contributed by atoms with van der Waals surface area (Å²) >= 11 is 7.16. The lowest BCUT2D eigenvalue weighted by molar-refractivity contribution is 0.101. The van der Waals surface area contributed by atoms with E-state index in [1.54, 1.807) is 47.8 Å². The van der Waals surface area contributed by atoms with Crippen LogP contribution in [0.25, 0.3) is 0 Å². The molecule has 2 aromatic rings. The second-order valence-electron chi connectivity index (χ2n) is 4.34. The van der Waals surface area contributed by atoms with Gasteiger partial charge in [0, 0.05) is 29.3 Å². The molecule has 104 valence electrons. The number of rotatable bonds is 5. The zero-order valence-corrected chi connectivity index (χ0v) is 12.8. The molecule has 0 unspecified atom stereocenters. The smallest absolute Gasteiger partial charge is 0.209 e. The normalized spacial score (nSPS) is 10.6. The summed E-state index contributed by atoms with van der Waals surface area (Å²) in [6, 6.07) is 9.00. The van der Waals surface area contributed by atoms with Crippen LogP contribution in [0.2, 0.25) is 0 Å². The molecule has 0 bridgehead atoms. The van der Waals surface area contributed by atoms with Crippen LogP contribution in [0.3, 0.4) is 0 Å². The number of carbonyl (C=O) groups is 2. The highest BCUT2D eigenvalue weighted by Gasteiger charge is 2.16. The number of aryl methyl sites for hydroxylation is 1. The highest BCUT2D eigenvalue weighted by molar-refractivity contribution is 7.98. The molecule has 0 atom stereocenters. The van der Waals surface area contributed by atoms with E-state index in [0.717, 1.165) is 4.90 Å². The molecule has 0 radical (unpaired) electrons. The maximum atomic E-state index is 12.4. The third-order valence-electron chi connectivity index (χ3n) is 3.03. The molecule has 0 aliphatic heterocycles. The average molecular weight is 308 g/mol. The van der Waals surface area contributed by atoms with E-state index in [2.05, 4.69) is 0 Å². The third kappa shape index (κ3) is 2.97. The van der Waals surface area contributed by atoms with Gasteiger partial charge in [-0.2, -0.15) is 0 Å². The SMILES string of the molecule is CSc1ccc(C(=O)c2cc(C(=O)CCl)cn2C)cc1. The number of halogens is 1. The highest BCUT2D eigenvalue weighted by Crippen LogP contribution is 2.18. The number of benzene rings is 1. The summed E-state index contributed by atoms with van der Waals surface area (Å²) in [6.45, 7) is 0. The van der Waals surface area contributed by atoms with Gasteiger partial charge in [-0.15, -0.1) is 23.4 Å². The molecule has 2 rings (SSSR count). The zero-order chi connectivity index (χ0) is 14.7. The van der Waals surface area contributed by atoms with E-state index in [9.17, 15) is 9.59 Å². The van der Waals surface area contributed by atoms with Gasteiger partial charge < -0.3 is 4.57 Å². The van der Waals surface area contributed by atoms with Gasteiger partial charge in [0.2, 0.25) is 5.78 Å². The average Bonchev–Trinajstić information content (AvgIpc) is 2.87. The third-order valence-corrected chi connectivity index (χ3v) is 4.02. The molecule has 0 saturated heterocycles. The summed E-state index contributed by atoms with van der Waals surface area (Å²) in [4.78, 5) is 25.1. The minimum absolute atomic E-state index is 0.0833. The van der Waals surface area contributed by atoms with Gasteiger partial charge in [0.05, 0.1) is 11.6 Å². The molecule has 0 N–H and O–H groups in total. The Morgan fingerprint density at radius 1 is 1.20 bits per heavy atom. The van der Waals surface area contributed by atoms with E-state index in [1.165, 1.54) is 0 Å². The Balaban J connectivity index is 2.32. The van der Waals surface area contributed by atoms with E-state index < -0.39 is 0 Å². The first-order valence-corrected chi connectivity index (χ1v) is 7.77. The van der Waals surface area contributed by atoms with Gasteiger partial charge in [0.25, 0.3) is 0 Å². The lowest BCUT2D eigenvalue weighted by atomic mass is 10.1. The van der Waals surface area contributed by atoms with Gasteiger partial charge in [0.15, 0.2) is 5.78 Å². The lowest BCUT2D eigenvalue weighted by Crippen LogP contribution is -2.06. The Hall–Kier alpha value is -1.52. The van der Waals surface area contributed by atoms with Crippen molar-refractivity contribution in [2.45, 2.75) is 4.90 Å². The molecule has 0 saturated carbocycles. The van der Waals surface area contributed by atoms with Gasteiger partial charge in [-0.25, -0.2) is 0 Å². The van der Waals surface area contributed by atoms with Crippen molar-refractivity contribution >= 4 is 34.9 Å². The van der Waals surface area contributed by atoms with Gasteiger partial charge in [-0.1, -0.05) is 0 Å². The maximum absolute atomic E-state index is 12.4.